The third-order valence-electron chi connectivity index (χ3n) is 1.28. The molecule has 4 nitrogen and oxygen atoms in total. The van der Waals surface area contributed by atoms with Crippen LogP contribution in [0.1, 0.15) is 11.3 Å². The SMILES string of the molecule is N#CCC=Cc1ccc([N+](=O)[O-])s1. The molecule has 0 radical (unpaired) electrons. The average Bonchev–Trinajstić information content (AvgIpc) is 2.53. The maximum Gasteiger partial charge on any atom is 0.324 e. The van der Waals surface area contributed by atoms with E-state index in [9.17, 15) is 10.1 Å². The molecule has 1 aromatic heterocycles. The number of nitrogens with zero attached hydrogens (tertiary/aromatic N) is 2. The van der Waals surface area contributed by atoms with E-state index >= 15 is 0 Å². The van der Waals surface area contributed by atoms with Gasteiger partial charge in [-0.15, -0.1) is 0 Å². The van der Waals surface area contributed by atoms with Crippen molar-refractivity contribution in [3.63, 3.8) is 0 Å². The highest BCUT2D eigenvalue weighted by Gasteiger charge is 2.06. The van der Waals surface area contributed by atoms with Crippen molar-refractivity contribution in [2.45, 2.75) is 6.42 Å². The van der Waals surface area contributed by atoms with Crippen LogP contribution in [0.3, 0.4) is 0 Å². The summed E-state index contributed by atoms with van der Waals surface area (Å²) in [6.45, 7) is 0. The summed E-state index contributed by atoms with van der Waals surface area (Å²) in [6, 6.07) is 5.07. The van der Waals surface area contributed by atoms with E-state index in [1.54, 1.807) is 18.2 Å². The van der Waals surface area contributed by atoms with Gasteiger partial charge in [0.2, 0.25) is 0 Å². The van der Waals surface area contributed by atoms with Crippen molar-refractivity contribution >= 4 is 22.4 Å². The number of allylic oxidation sites excluding steroid dienone is 1. The summed E-state index contributed by atoms with van der Waals surface area (Å²) in [4.78, 5) is 10.7. The molecule has 0 amide bonds. The van der Waals surface area contributed by atoms with Crippen LogP contribution in [0.25, 0.3) is 6.08 Å². The monoisotopic (exact) mass is 194 g/mol. The Morgan fingerprint density at radius 1 is 1.69 bits per heavy atom. The normalized spacial score (nSPS) is 10.1. The Morgan fingerprint density at radius 2 is 2.46 bits per heavy atom. The van der Waals surface area contributed by atoms with Crippen LogP contribution in [0.15, 0.2) is 18.2 Å². The molecule has 1 heterocycles. The minimum Gasteiger partial charge on any atom is -0.258 e. The molecule has 13 heavy (non-hydrogen) atoms. The molecule has 0 saturated carbocycles. The second-order valence-corrected chi connectivity index (χ2v) is 3.29. The Morgan fingerprint density at radius 3 is 3.00 bits per heavy atom. The van der Waals surface area contributed by atoms with Gasteiger partial charge in [0.05, 0.1) is 17.4 Å². The number of nitro groups is 1. The predicted octanol–water partition coefficient (Wildman–Crippen LogP) is 2.58. The number of thiophene rings is 1. The van der Waals surface area contributed by atoms with Gasteiger partial charge >= 0.3 is 5.00 Å². The van der Waals surface area contributed by atoms with Crippen molar-refractivity contribution < 1.29 is 4.92 Å². The lowest BCUT2D eigenvalue weighted by Gasteiger charge is -1.80. The number of nitriles is 1. The summed E-state index contributed by atoms with van der Waals surface area (Å²) < 4.78 is 0. The fourth-order valence-corrected chi connectivity index (χ4v) is 1.51. The van der Waals surface area contributed by atoms with E-state index in [4.69, 9.17) is 5.26 Å². The molecule has 0 unspecified atom stereocenters. The van der Waals surface area contributed by atoms with Gasteiger partial charge in [-0.05, 0) is 12.1 Å². The first kappa shape index (κ1) is 9.42. The van der Waals surface area contributed by atoms with E-state index in [1.807, 2.05) is 6.07 Å². The van der Waals surface area contributed by atoms with Gasteiger partial charge in [0.25, 0.3) is 0 Å². The van der Waals surface area contributed by atoms with Gasteiger partial charge in [-0.1, -0.05) is 17.4 Å². The third kappa shape index (κ3) is 2.69. The van der Waals surface area contributed by atoms with Crippen molar-refractivity contribution in [3.05, 3.63) is 33.2 Å². The summed E-state index contributed by atoms with van der Waals surface area (Å²) in [5.41, 5.74) is 0. The average molecular weight is 194 g/mol. The summed E-state index contributed by atoms with van der Waals surface area (Å²) in [5.74, 6) is 0. The van der Waals surface area contributed by atoms with Crippen molar-refractivity contribution in [3.8, 4) is 6.07 Å². The molecule has 0 aliphatic carbocycles. The molecule has 0 bridgehead atoms. The first-order valence-electron chi connectivity index (χ1n) is 3.52. The molecular weight excluding hydrogens is 188 g/mol. The molecule has 1 aromatic rings. The molecule has 5 heteroatoms. The lowest BCUT2D eigenvalue weighted by molar-refractivity contribution is -0.380. The van der Waals surface area contributed by atoms with Crippen molar-refractivity contribution in [2.75, 3.05) is 0 Å². The Kier molecular flexibility index (Phi) is 3.17. The van der Waals surface area contributed by atoms with Gasteiger partial charge in [0.1, 0.15) is 0 Å². The van der Waals surface area contributed by atoms with Gasteiger partial charge in [0, 0.05) is 10.9 Å². The fraction of sp³-hybridized carbons (Fsp3) is 0.125. The topological polar surface area (TPSA) is 66.9 Å². The molecule has 0 aliphatic heterocycles. The maximum absolute atomic E-state index is 10.3. The van der Waals surface area contributed by atoms with Crippen LogP contribution in [0.2, 0.25) is 0 Å². The molecule has 1 rings (SSSR count). The van der Waals surface area contributed by atoms with E-state index < -0.39 is 4.92 Å². The standard InChI is InChI=1S/C8H6N2O2S/c9-6-2-1-3-7-4-5-8(13-7)10(11)12/h1,3-5H,2H2. The van der Waals surface area contributed by atoms with E-state index in [0.29, 0.717) is 6.42 Å². The van der Waals surface area contributed by atoms with E-state index in [-0.39, 0.29) is 5.00 Å². The zero-order valence-corrected chi connectivity index (χ0v) is 7.45. The van der Waals surface area contributed by atoms with E-state index in [2.05, 4.69) is 0 Å². The van der Waals surface area contributed by atoms with Crippen LogP contribution in [0, 0.1) is 21.4 Å². The second kappa shape index (κ2) is 4.38. The fourth-order valence-electron chi connectivity index (χ4n) is 0.758. The van der Waals surface area contributed by atoms with Crippen molar-refractivity contribution in [1.29, 1.82) is 5.26 Å². The van der Waals surface area contributed by atoms with Crippen LogP contribution < -0.4 is 0 Å². The number of hydrogen-bond acceptors (Lipinski definition) is 4. The predicted molar refractivity (Wildman–Crippen MR) is 50.2 cm³/mol. The summed E-state index contributed by atoms with van der Waals surface area (Å²) >= 11 is 1.10. The highest BCUT2D eigenvalue weighted by atomic mass is 32.1. The summed E-state index contributed by atoms with van der Waals surface area (Å²) in [6.07, 6.45) is 3.71. The Labute approximate surface area is 78.9 Å². The van der Waals surface area contributed by atoms with Crippen LogP contribution in [-0.2, 0) is 0 Å². The molecule has 0 N–H and O–H groups in total. The van der Waals surface area contributed by atoms with Gasteiger partial charge < -0.3 is 0 Å². The molecule has 0 fully saturated rings. The van der Waals surface area contributed by atoms with Crippen molar-refractivity contribution in [2.24, 2.45) is 0 Å². The first-order valence-corrected chi connectivity index (χ1v) is 4.33. The Hall–Kier alpha value is -1.67. The minimum absolute atomic E-state index is 0.122. The first-order chi connectivity index (χ1) is 6.24. The van der Waals surface area contributed by atoms with Crippen LogP contribution in [-0.4, -0.2) is 4.92 Å². The highest BCUT2D eigenvalue weighted by Crippen LogP contribution is 2.24. The number of hydrogen-bond donors (Lipinski definition) is 0. The van der Waals surface area contributed by atoms with Crippen LogP contribution in [0.4, 0.5) is 5.00 Å². The quantitative estimate of drug-likeness (QED) is 0.548. The lowest BCUT2D eigenvalue weighted by atomic mass is 10.3. The lowest BCUT2D eigenvalue weighted by Crippen LogP contribution is -1.80. The van der Waals surface area contributed by atoms with Crippen molar-refractivity contribution in [1.82, 2.24) is 0 Å². The number of rotatable bonds is 3. The molecule has 0 aromatic carbocycles. The smallest absolute Gasteiger partial charge is 0.258 e. The largest absolute Gasteiger partial charge is 0.324 e. The van der Waals surface area contributed by atoms with Crippen LogP contribution >= 0.6 is 11.3 Å². The minimum atomic E-state index is -0.424. The zero-order chi connectivity index (χ0) is 9.68. The third-order valence-corrected chi connectivity index (χ3v) is 2.29. The molecule has 0 aliphatic rings. The summed E-state index contributed by atoms with van der Waals surface area (Å²) in [5, 5.41) is 18.6. The zero-order valence-electron chi connectivity index (χ0n) is 6.64. The Balaban J connectivity index is 2.70. The molecule has 0 spiro atoms. The molecular formula is C8H6N2O2S. The van der Waals surface area contributed by atoms with E-state index in [1.165, 1.54) is 6.07 Å². The summed E-state index contributed by atoms with van der Waals surface area (Å²) in [7, 11) is 0. The molecule has 0 atom stereocenters. The Bertz CT molecular complexity index is 376. The van der Waals surface area contributed by atoms with Gasteiger partial charge in [0.15, 0.2) is 0 Å². The molecule has 66 valence electrons. The van der Waals surface area contributed by atoms with Crippen LogP contribution in [0.5, 0.6) is 0 Å². The highest BCUT2D eigenvalue weighted by molar-refractivity contribution is 7.16. The van der Waals surface area contributed by atoms with Gasteiger partial charge in [-0.2, -0.15) is 5.26 Å². The van der Waals surface area contributed by atoms with Gasteiger partial charge in [-0.3, -0.25) is 10.1 Å². The molecule has 0 saturated heterocycles. The second-order valence-electron chi connectivity index (χ2n) is 2.20. The van der Waals surface area contributed by atoms with Gasteiger partial charge in [-0.25, -0.2) is 0 Å². The van der Waals surface area contributed by atoms with E-state index in [0.717, 1.165) is 16.2 Å². The maximum atomic E-state index is 10.3.